The largest absolute Gasteiger partial charge is 0.393 e. The minimum atomic E-state index is -0.363. The van der Waals surface area contributed by atoms with Gasteiger partial charge in [0.15, 0.2) is 0 Å². The van der Waals surface area contributed by atoms with Crippen molar-refractivity contribution < 1.29 is 9.90 Å². The summed E-state index contributed by atoms with van der Waals surface area (Å²) < 4.78 is 0. The van der Waals surface area contributed by atoms with Crippen molar-refractivity contribution in [3.05, 3.63) is 0 Å². The van der Waals surface area contributed by atoms with E-state index in [1.807, 2.05) is 13.8 Å². The Kier molecular flexibility index (Phi) is 2.96. The van der Waals surface area contributed by atoms with Gasteiger partial charge in [0.1, 0.15) is 0 Å². The van der Waals surface area contributed by atoms with E-state index < -0.39 is 0 Å². The second-order valence-electron chi connectivity index (χ2n) is 4.21. The molecule has 3 atom stereocenters. The van der Waals surface area contributed by atoms with Crippen LogP contribution in [0.1, 0.15) is 40.0 Å². The lowest BCUT2D eigenvalue weighted by atomic mass is 9.71. The van der Waals surface area contributed by atoms with Crippen LogP contribution in [0.5, 0.6) is 0 Å². The summed E-state index contributed by atoms with van der Waals surface area (Å²) >= 11 is 0. The fraction of sp³-hybridized carbons (Fsp3) is 0.900. The van der Waals surface area contributed by atoms with Crippen molar-refractivity contribution >= 4 is 5.91 Å². The standard InChI is InChI=1S/C10H19NO2/c1-4-8-10(3,7(2)12)6-5-9(13)11-8/h7-8,12H,4-6H2,1-3H3,(H,11,13)/t7?,8?,10-/m1/s1. The Morgan fingerprint density at radius 1 is 1.77 bits per heavy atom. The van der Waals surface area contributed by atoms with Crippen molar-refractivity contribution in [3.63, 3.8) is 0 Å². The minimum absolute atomic E-state index is 0.116. The summed E-state index contributed by atoms with van der Waals surface area (Å²) in [5, 5.41) is 12.6. The van der Waals surface area contributed by atoms with E-state index >= 15 is 0 Å². The number of carbonyl (C=O) groups is 1. The zero-order valence-electron chi connectivity index (χ0n) is 8.63. The van der Waals surface area contributed by atoms with E-state index in [4.69, 9.17) is 0 Å². The molecule has 0 aliphatic carbocycles. The number of aliphatic hydroxyl groups is 1. The first-order valence-electron chi connectivity index (χ1n) is 4.98. The van der Waals surface area contributed by atoms with Gasteiger partial charge in [-0.15, -0.1) is 0 Å². The van der Waals surface area contributed by atoms with Crippen LogP contribution in [0.2, 0.25) is 0 Å². The van der Waals surface area contributed by atoms with Crippen LogP contribution in [0, 0.1) is 5.41 Å². The molecule has 13 heavy (non-hydrogen) atoms. The fourth-order valence-corrected chi connectivity index (χ4v) is 2.06. The fourth-order valence-electron chi connectivity index (χ4n) is 2.06. The van der Waals surface area contributed by atoms with Gasteiger partial charge in [-0.3, -0.25) is 4.79 Å². The number of nitrogens with one attached hydrogen (secondary N) is 1. The molecule has 0 bridgehead atoms. The lowest BCUT2D eigenvalue weighted by Gasteiger charge is -2.43. The molecule has 0 aromatic rings. The molecule has 1 saturated heterocycles. The molecule has 3 nitrogen and oxygen atoms in total. The second-order valence-corrected chi connectivity index (χ2v) is 4.21. The molecule has 1 fully saturated rings. The maximum atomic E-state index is 11.1. The minimum Gasteiger partial charge on any atom is -0.393 e. The zero-order chi connectivity index (χ0) is 10.1. The van der Waals surface area contributed by atoms with Gasteiger partial charge in [-0.05, 0) is 19.8 Å². The van der Waals surface area contributed by atoms with Gasteiger partial charge < -0.3 is 10.4 Å². The van der Waals surface area contributed by atoms with Gasteiger partial charge in [0.05, 0.1) is 6.10 Å². The Morgan fingerprint density at radius 2 is 2.38 bits per heavy atom. The van der Waals surface area contributed by atoms with Crippen molar-refractivity contribution in [2.24, 2.45) is 5.41 Å². The van der Waals surface area contributed by atoms with Crippen LogP contribution in [0.15, 0.2) is 0 Å². The number of aliphatic hydroxyl groups excluding tert-OH is 1. The highest BCUT2D eigenvalue weighted by molar-refractivity contribution is 5.77. The van der Waals surface area contributed by atoms with Crippen molar-refractivity contribution in [1.29, 1.82) is 0 Å². The number of amides is 1. The van der Waals surface area contributed by atoms with Gasteiger partial charge in [0, 0.05) is 17.9 Å². The lowest BCUT2D eigenvalue weighted by Crippen LogP contribution is -2.55. The van der Waals surface area contributed by atoms with Gasteiger partial charge in [-0.25, -0.2) is 0 Å². The number of rotatable bonds is 2. The molecular formula is C10H19NO2. The molecular weight excluding hydrogens is 166 g/mol. The van der Waals surface area contributed by atoms with Crippen LogP contribution in [0.25, 0.3) is 0 Å². The summed E-state index contributed by atoms with van der Waals surface area (Å²) in [6.07, 6.45) is 1.85. The highest BCUT2D eigenvalue weighted by atomic mass is 16.3. The van der Waals surface area contributed by atoms with Crippen LogP contribution >= 0.6 is 0 Å². The summed E-state index contributed by atoms with van der Waals surface area (Å²) in [6.45, 7) is 5.89. The maximum absolute atomic E-state index is 11.1. The van der Waals surface area contributed by atoms with Gasteiger partial charge in [-0.1, -0.05) is 13.8 Å². The van der Waals surface area contributed by atoms with Gasteiger partial charge >= 0.3 is 0 Å². The molecule has 1 heterocycles. The molecule has 1 aliphatic heterocycles. The predicted octanol–water partition coefficient (Wildman–Crippen LogP) is 1.06. The zero-order valence-corrected chi connectivity index (χ0v) is 8.63. The van der Waals surface area contributed by atoms with Gasteiger partial charge in [-0.2, -0.15) is 0 Å². The van der Waals surface area contributed by atoms with E-state index in [9.17, 15) is 9.90 Å². The maximum Gasteiger partial charge on any atom is 0.220 e. The van der Waals surface area contributed by atoms with Crippen LogP contribution < -0.4 is 5.32 Å². The van der Waals surface area contributed by atoms with Crippen LogP contribution in [-0.2, 0) is 4.79 Å². The highest BCUT2D eigenvalue weighted by Crippen LogP contribution is 2.36. The number of piperidine rings is 1. The van der Waals surface area contributed by atoms with Crippen LogP contribution in [0.3, 0.4) is 0 Å². The molecule has 2 N–H and O–H groups in total. The average molecular weight is 185 g/mol. The second kappa shape index (κ2) is 3.66. The van der Waals surface area contributed by atoms with Crippen LogP contribution in [-0.4, -0.2) is 23.2 Å². The molecule has 2 unspecified atom stereocenters. The third kappa shape index (κ3) is 1.85. The third-order valence-electron chi connectivity index (χ3n) is 3.38. The highest BCUT2D eigenvalue weighted by Gasteiger charge is 2.41. The smallest absolute Gasteiger partial charge is 0.220 e. The number of carbonyl (C=O) groups excluding carboxylic acids is 1. The summed E-state index contributed by atoms with van der Waals surface area (Å²) in [4.78, 5) is 11.1. The normalized spacial score (nSPS) is 36.9. The molecule has 76 valence electrons. The average Bonchev–Trinajstić information content (AvgIpc) is 2.09. The van der Waals surface area contributed by atoms with Gasteiger partial charge in [0.2, 0.25) is 5.91 Å². The number of hydrogen-bond acceptors (Lipinski definition) is 2. The van der Waals surface area contributed by atoms with E-state index in [0.29, 0.717) is 6.42 Å². The molecule has 1 rings (SSSR count). The molecule has 3 heteroatoms. The van der Waals surface area contributed by atoms with Gasteiger partial charge in [0.25, 0.3) is 0 Å². The summed E-state index contributed by atoms with van der Waals surface area (Å²) in [6, 6.07) is 0.119. The third-order valence-corrected chi connectivity index (χ3v) is 3.38. The first kappa shape index (κ1) is 10.5. The lowest BCUT2D eigenvalue weighted by molar-refractivity contribution is -0.128. The van der Waals surface area contributed by atoms with E-state index in [1.54, 1.807) is 6.92 Å². The van der Waals surface area contributed by atoms with Crippen molar-refractivity contribution in [2.75, 3.05) is 0 Å². The number of hydrogen-bond donors (Lipinski definition) is 2. The van der Waals surface area contributed by atoms with Crippen molar-refractivity contribution in [1.82, 2.24) is 5.32 Å². The Balaban J connectivity index is 2.78. The Hall–Kier alpha value is -0.570. The molecule has 0 aromatic heterocycles. The summed E-state index contributed by atoms with van der Waals surface area (Å²) in [7, 11) is 0. The first-order valence-corrected chi connectivity index (χ1v) is 4.98. The van der Waals surface area contributed by atoms with E-state index in [1.165, 1.54) is 0 Å². The molecule has 1 aliphatic rings. The molecule has 0 radical (unpaired) electrons. The predicted molar refractivity (Wildman–Crippen MR) is 51.2 cm³/mol. The molecule has 0 saturated carbocycles. The summed E-state index contributed by atoms with van der Waals surface area (Å²) in [5.74, 6) is 0.116. The Bertz CT molecular complexity index is 203. The van der Waals surface area contributed by atoms with Crippen LogP contribution in [0.4, 0.5) is 0 Å². The Labute approximate surface area is 79.5 Å². The Morgan fingerprint density at radius 3 is 2.85 bits per heavy atom. The van der Waals surface area contributed by atoms with E-state index in [0.717, 1.165) is 12.8 Å². The molecule has 1 amide bonds. The topological polar surface area (TPSA) is 49.3 Å². The molecule has 0 spiro atoms. The first-order chi connectivity index (χ1) is 6.00. The monoisotopic (exact) mass is 185 g/mol. The van der Waals surface area contributed by atoms with Crippen molar-refractivity contribution in [3.8, 4) is 0 Å². The SMILES string of the molecule is CCC1NC(=O)CC[C@]1(C)C(C)O. The van der Waals surface area contributed by atoms with E-state index in [-0.39, 0.29) is 23.5 Å². The molecule has 0 aromatic carbocycles. The van der Waals surface area contributed by atoms with Crippen molar-refractivity contribution in [2.45, 2.75) is 52.2 Å². The quantitative estimate of drug-likeness (QED) is 0.676. The van der Waals surface area contributed by atoms with E-state index in [2.05, 4.69) is 5.32 Å². The summed E-state index contributed by atoms with van der Waals surface area (Å²) in [5.41, 5.74) is -0.150.